The van der Waals surface area contributed by atoms with Gasteiger partial charge in [0.25, 0.3) is 0 Å². The van der Waals surface area contributed by atoms with Crippen LogP contribution in [0.1, 0.15) is 80.3 Å². The molecule has 9 heteroatoms. The first kappa shape index (κ1) is 29.1. The molecule has 0 spiro atoms. The maximum atomic E-state index is 14.8. The molecule has 0 radical (unpaired) electrons. The van der Waals surface area contributed by atoms with Gasteiger partial charge in [-0.2, -0.15) is 0 Å². The summed E-state index contributed by atoms with van der Waals surface area (Å²) in [4.78, 5) is 19.0. The van der Waals surface area contributed by atoms with E-state index in [1.54, 1.807) is 13.2 Å². The number of unbranched alkanes of at least 4 members (excludes halogenated alkanes) is 2. The molecule has 1 aromatic carbocycles. The number of likely N-dealkylation sites (tertiary alicyclic amines) is 1. The van der Waals surface area contributed by atoms with Gasteiger partial charge in [0.1, 0.15) is 17.6 Å². The molecule has 2 atom stereocenters. The van der Waals surface area contributed by atoms with Crippen LogP contribution in [0.15, 0.2) is 18.2 Å². The number of carboxylic acids is 1. The van der Waals surface area contributed by atoms with Gasteiger partial charge in [0.2, 0.25) is 0 Å². The van der Waals surface area contributed by atoms with E-state index < -0.39 is 17.8 Å². The number of nitrogens with one attached hydrogen (secondary N) is 1. The molecule has 2 N–H and O–H groups in total. The largest absolute Gasteiger partial charge is 0.496 e. The first-order chi connectivity index (χ1) is 18.8. The Kier molecular flexibility index (Phi) is 10.0. The summed E-state index contributed by atoms with van der Waals surface area (Å²) < 4.78 is 31.8. The summed E-state index contributed by atoms with van der Waals surface area (Å²) in [6, 6.07) is 4.27. The van der Waals surface area contributed by atoms with Gasteiger partial charge >= 0.3 is 5.97 Å². The van der Waals surface area contributed by atoms with Crippen LogP contribution in [-0.2, 0) is 22.4 Å². The maximum Gasteiger partial charge on any atom is 0.325 e. The minimum atomic E-state index is -1.02. The van der Waals surface area contributed by atoms with Crippen molar-refractivity contribution in [3.05, 3.63) is 46.4 Å². The molecular formula is C30H42FN3O5. The predicted octanol–water partition coefficient (Wildman–Crippen LogP) is 5.35. The van der Waals surface area contributed by atoms with Gasteiger partial charge in [-0.3, -0.25) is 9.69 Å². The minimum Gasteiger partial charge on any atom is -0.496 e. The fourth-order valence-corrected chi connectivity index (χ4v) is 5.60. The van der Waals surface area contributed by atoms with E-state index in [4.69, 9.17) is 19.2 Å². The highest BCUT2D eigenvalue weighted by molar-refractivity contribution is 5.77. The molecule has 0 bridgehead atoms. The van der Waals surface area contributed by atoms with Gasteiger partial charge in [-0.15, -0.1) is 0 Å². The summed E-state index contributed by atoms with van der Waals surface area (Å²) >= 11 is 0. The van der Waals surface area contributed by atoms with Crippen LogP contribution in [0, 0.1) is 5.82 Å². The summed E-state index contributed by atoms with van der Waals surface area (Å²) in [7, 11) is 3.09. The average Bonchev–Trinajstić information content (AvgIpc) is 3.37. The van der Waals surface area contributed by atoms with Gasteiger partial charge in [0.15, 0.2) is 11.6 Å². The van der Waals surface area contributed by atoms with E-state index in [-0.39, 0.29) is 17.8 Å². The number of hydrogen-bond donors (Lipinski definition) is 2. The predicted molar refractivity (Wildman–Crippen MR) is 149 cm³/mol. The highest BCUT2D eigenvalue weighted by Crippen LogP contribution is 2.37. The smallest absolute Gasteiger partial charge is 0.325 e. The Balaban J connectivity index is 1.27. The van der Waals surface area contributed by atoms with Crippen molar-refractivity contribution in [2.24, 2.45) is 0 Å². The number of halogens is 1. The van der Waals surface area contributed by atoms with E-state index in [0.29, 0.717) is 25.3 Å². The van der Waals surface area contributed by atoms with Crippen LogP contribution in [0.3, 0.4) is 0 Å². The fraction of sp³-hybridized carbons (Fsp3) is 0.600. The van der Waals surface area contributed by atoms with E-state index >= 15 is 0 Å². The molecule has 2 aromatic rings. The number of rotatable bonds is 13. The number of ether oxygens (including phenoxy) is 3. The molecule has 2 aliphatic heterocycles. The molecule has 214 valence electrons. The van der Waals surface area contributed by atoms with Crippen molar-refractivity contribution < 1.29 is 28.5 Å². The monoisotopic (exact) mass is 543 g/mol. The van der Waals surface area contributed by atoms with Crippen LogP contribution in [0.25, 0.3) is 0 Å². The van der Waals surface area contributed by atoms with Gasteiger partial charge in [-0.25, -0.2) is 9.37 Å². The molecule has 1 aromatic heterocycles. The van der Waals surface area contributed by atoms with Gasteiger partial charge in [-0.1, -0.05) is 20.3 Å². The molecule has 1 saturated heterocycles. The third kappa shape index (κ3) is 7.00. The molecule has 1 fully saturated rings. The number of aromatic nitrogens is 1. The van der Waals surface area contributed by atoms with Crippen molar-refractivity contribution in [3.8, 4) is 11.5 Å². The number of methoxy groups -OCH3 is 2. The molecule has 4 rings (SSSR count). The Hall–Kier alpha value is -2.91. The van der Waals surface area contributed by atoms with E-state index in [9.17, 15) is 14.3 Å². The molecule has 2 aliphatic rings. The summed E-state index contributed by atoms with van der Waals surface area (Å²) in [5.41, 5.74) is 3.33. The first-order valence-corrected chi connectivity index (χ1v) is 14.1. The molecule has 0 saturated carbocycles. The third-order valence-corrected chi connectivity index (χ3v) is 7.72. The molecule has 0 amide bonds. The van der Waals surface area contributed by atoms with E-state index in [0.717, 1.165) is 74.3 Å². The summed E-state index contributed by atoms with van der Waals surface area (Å²) in [5.74, 6) is 0.398. The van der Waals surface area contributed by atoms with Gasteiger partial charge in [0, 0.05) is 49.1 Å². The number of aliphatic carboxylic acids is 1. The number of hydrogen-bond acceptors (Lipinski definition) is 7. The number of fused-ring (bicyclic) bond motifs is 1. The Morgan fingerprint density at radius 2 is 2.03 bits per heavy atom. The van der Waals surface area contributed by atoms with E-state index in [1.807, 2.05) is 18.7 Å². The zero-order valence-electron chi connectivity index (χ0n) is 23.6. The second-order valence-corrected chi connectivity index (χ2v) is 10.8. The van der Waals surface area contributed by atoms with Crippen LogP contribution in [0.5, 0.6) is 11.5 Å². The van der Waals surface area contributed by atoms with Crippen LogP contribution in [0.4, 0.5) is 10.2 Å². The normalized spacial score (nSPS) is 18.1. The quantitative estimate of drug-likeness (QED) is 0.327. The number of nitrogens with zero attached hydrogens (tertiary/aromatic N) is 2. The second kappa shape index (κ2) is 13.4. The molecule has 39 heavy (non-hydrogen) atoms. The van der Waals surface area contributed by atoms with Crippen LogP contribution in [-0.4, -0.2) is 67.5 Å². The first-order valence-electron chi connectivity index (χ1n) is 14.1. The van der Waals surface area contributed by atoms with Crippen molar-refractivity contribution in [2.75, 3.05) is 45.8 Å². The number of carbonyl (C=O) groups is 1. The lowest BCUT2D eigenvalue weighted by Crippen LogP contribution is -2.34. The Morgan fingerprint density at radius 1 is 1.21 bits per heavy atom. The number of benzene rings is 1. The van der Waals surface area contributed by atoms with Crippen molar-refractivity contribution in [3.63, 3.8) is 0 Å². The summed E-state index contributed by atoms with van der Waals surface area (Å²) in [6.07, 6.45) is 6.62. The Labute approximate surface area is 230 Å². The molecule has 0 aliphatic carbocycles. The van der Waals surface area contributed by atoms with Crippen molar-refractivity contribution in [2.45, 2.75) is 76.9 Å². The lowest BCUT2D eigenvalue weighted by Gasteiger charge is -2.27. The Bertz CT molecular complexity index is 1120. The number of aryl methyl sites for hydroxylation is 1. The second-order valence-electron chi connectivity index (χ2n) is 10.8. The summed E-state index contributed by atoms with van der Waals surface area (Å²) in [6.45, 7) is 6.54. The zero-order chi connectivity index (χ0) is 27.9. The Morgan fingerprint density at radius 3 is 2.74 bits per heavy atom. The fourth-order valence-electron chi connectivity index (χ4n) is 5.60. The van der Waals surface area contributed by atoms with Gasteiger partial charge in [0.05, 0.1) is 20.3 Å². The lowest BCUT2D eigenvalue weighted by molar-refractivity contribution is -0.143. The topological polar surface area (TPSA) is 93.2 Å². The van der Waals surface area contributed by atoms with Gasteiger partial charge < -0.3 is 24.6 Å². The standard InChI is InChI=1S/C30H42FN3O5/c1-19(2)20-15-24(28(38-4)25(31)16-20)27(30(35)36)34-13-11-22(18-34)39-14-7-5-6-9-21-17-26(37-3)23-10-8-12-32-29(23)33-21/h15-17,19,22,27H,5-14,18H2,1-4H3,(H,32,33)(H,35,36)/t22-,27-/m1/s1. The highest BCUT2D eigenvalue weighted by Gasteiger charge is 2.36. The molecule has 0 unspecified atom stereocenters. The van der Waals surface area contributed by atoms with Crippen molar-refractivity contribution in [1.29, 1.82) is 0 Å². The number of carboxylic acid groups (broad SMARTS) is 1. The summed E-state index contributed by atoms with van der Waals surface area (Å²) in [5, 5.41) is 13.5. The van der Waals surface area contributed by atoms with Crippen LogP contribution >= 0.6 is 0 Å². The number of pyridine rings is 1. The zero-order valence-corrected chi connectivity index (χ0v) is 23.6. The number of anilines is 1. The van der Waals surface area contributed by atoms with E-state index in [1.165, 1.54) is 18.7 Å². The third-order valence-electron chi connectivity index (χ3n) is 7.72. The van der Waals surface area contributed by atoms with Crippen molar-refractivity contribution >= 4 is 11.8 Å². The highest BCUT2D eigenvalue weighted by atomic mass is 19.1. The minimum absolute atomic E-state index is 0.00186. The van der Waals surface area contributed by atoms with Crippen LogP contribution in [0.2, 0.25) is 0 Å². The maximum absolute atomic E-state index is 14.8. The molecule has 8 nitrogen and oxygen atoms in total. The molecular weight excluding hydrogens is 501 g/mol. The average molecular weight is 544 g/mol. The SMILES string of the molecule is COc1cc(CCCCCO[C@@H]2CCN([C@@H](C(=O)O)c3cc(C(C)C)cc(F)c3OC)C2)nc2c1CCCN2. The van der Waals surface area contributed by atoms with Crippen molar-refractivity contribution in [1.82, 2.24) is 9.88 Å². The van der Waals surface area contributed by atoms with Crippen LogP contribution < -0.4 is 14.8 Å². The van der Waals surface area contributed by atoms with Gasteiger partial charge in [-0.05, 0) is 62.1 Å². The lowest BCUT2D eigenvalue weighted by atomic mass is 9.95. The molecule has 3 heterocycles. The van der Waals surface area contributed by atoms with E-state index in [2.05, 4.69) is 11.4 Å².